The van der Waals surface area contributed by atoms with Crippen molar-refractivity contribution in [1.82, 2.24) is 9.88 Å². The summed E-state index contributed by atoms with van der Waals surface area (Å²) in [5.74, 6) is 0. The molecule has 138 valence electrons. The van der Waals surface area contributed by atoms with Gasteiger partial charge in [0.2, 0.25) is 0 Å². The van der Waals surface area contributed by atoms with Crippen molar-refractivity contribution in [2.75, 3.05) is 13.1 Å². The zero-order valence-electron chi connectivity index (χ0n) is 15.3. The van der Waals surface area contributed by atoms with Crippen LogP contribution in [0.4, 0.5) is 4.79 Å². The number of aromatic nitrogens is 1. The Kier molecular flexibility index (Phi) is 5.02. The summed E-state index contributed by atoms with van der Waals surface area (Å²) in [6.45, 7) is 6.78. The Hall–Kier alpha value is -1.66. The Morgan fingerprint density at radius 3 is 2.72 bits per heavy atom. The molecular formula is C19H28N2O4. The van der Waals surface area contributed by atoms with Crippen molar-refractivity contribution in [1.29, 1.82) is 0 Å². The number of carbonyl (C=O) groups is 1. The Morgan fingerprint density at radius 2 is 2.12 bits per heavy atom. The van der Waals surface area contributed by atoms with E-state index in [0.717, 1.165) is 5.56 Å². The van der Waals surface area contributed by atoms with Crippen molar-refractivity contribution in [2.45, 2.75) is 69.9 Å². The van der Waals surface area contributed by atoms with Crippen LogP contribution < -0.4 is 0 Å². The van der Waals surface area contributed by atoms with Crippen LogP contribution in [0.15, 0.2) is 24.5 Å². The molecule has 3 rings (SSSR count). The number of aliphatic hydroxyl groups excluding tert-OH is 1. The molecular weight excluding hydrogens is 320 g/mol. The molecule has 2 saturated heterocycles. The first-order valence-corrected chi connectivity index (χ1v) is 9.00. The second-order valence-corrected chi connectivity index (χ2v) is 8.14. The van der Waals surface area contributed by atoms with Crippen molar-refractivity contribution in [3.8, 4) is 0 Å². The van der Waals surface area contributed by atoms with E-state index in [0.29, 0.717) is 38.8 Å². The Bertz CT molecular complexity index is 591. The summed E-state index contributed by atoms with van der Waals surface area (Å²) < 4.78 is 11.9. The van der Waals surface area contributed by atoms with Crippen molar-refractivity contribution in [3.05, 3.63) is 30.1 Å². The molecule has 6 heteroatoms. The molecule has 25 heavy (non-hydrogen) atoms. The van der Waals surface area contributed by atoms with Crippen LogP contribution >= 0.6 is 0 Å². The van der Waals surface area contributed by atoms with Crippen molar-refractivity contribution < 1.29 is 19.4 Å². The summed E-state index contributed by atoms with van der Waals surface area (Å²) >= 11 is 0. The fraction of sp³-hybridized carbons (Fsp3) is 0.684. The van der Waals surface area contributed by atoms with Crippen molar-refractivity contribution in [2.24, 2.45) is 0 Å². The summed E-state index contributed by atoms with van der Waals surface area (Å²) in [7, 11) is 0. The molecule has 0 aliphatic carbocycles. The van der Waals surface area contributed by atoms with Crippen LogP contribution in [0.3, 0.4) is 0 Å². The molecule has 1 N–H and O–H groups in total. The molecule has 6 nitrogen and oxygen atoms in total. The van der Waals surface area contributed by atoms with E-state index in [2.05, 4.69) is 4.98 Å². The minimum atomic E-state index is -0.491. The normalized spacial score (nSPS) is 26.5. The zero-order chi connectivity index (χ0) is 18.1. The first-order valence-electron chi connectivity index (χ1n) is 9.00. The van der Waals surface area contributed by atoms with E-state index in [1.165, 1.54) is 0 Å². The fourth-order valence-electron chi connectivity index (χ4n) is 3.67. The smallest absolute Gasteiger partial charge is 0.410 e. The van der Waals surface area contributed by atoms with Gasteiger partial charge in [-0.15, -0.1) is 0 Å². The average molecular weight is 348 g/mol. The highest BCUT2D eigenvalue weighted by Gasteiger charge is 2.44. The lowest BCUT2D eigenvalue weighted by molar-refractivity contribution is -0.183. The van der Waals surface area contributed by atoms with Crippen LogP contribution in [0, 0.1) is 0 Å². The van der Waals surface area contributed by atoms with Gasteiger partial charge < -0.3 is 19.5 Å². The van der Waals surface area contributed by atoms with Gasteiger partial charge in [0.1, 0.15) is 5.60 Å². The molecule has 3 heterocycles. The lowest BCUT2D eigenvalue weighted by Gasteiger charge is -2.47. The van der Waals surface area contributed by atoms with E-state index in [-0.39, 0.29) is 17.8 Å². The van der Waals surface area contributed by atoms with Gasteiger partial charge >= 0.3 is 6.09 Å². The third kappa shape index (κ3) is 4.50. The van der Waals surface area contributed by atoms with E-state index in [1.54, 1.807) is 17.3 Å². The van der Waals surface area contributed by atoms with E-state index in [1.807, 2.05) is 32.9 Å². The first-order chi connectivity index (χ1) is 11.8. The summed E-state index contributed by atoms with van der Waals surface area (Å²) in [5, 5.41) is 10.4. The maximum Gasteiger partial charge on any atom is 0.410 e. The van der Waals surface area contributed by atoms with Gasteiger partial charge in [0.05, 0.1) is 17.8 Å². The van der Waals surface area contributed by atoms with Crippen LogP contribution in [0.5, 0.6) is 0 Å². The Balaban J connectivity index is 1.64. The molecule has 0 saturated carbocycles. The van der Waals surface area contributed by atoms with Crippen LogP contribution in [0.2, 0.25) is 0 Å². The minimum Gasteiger partial charge on any atom is -0.444 e. The summed E-state index contributed by atoms with van der Waals surface area (Å²) in [6, 6.07) is 3.87. The molecule has 1 spiro atoms. The number of ether oxygens (including phenoxy) is 2. The van der Waals surface area contributed by atoms with Gasteiger partial charge in [-0.1, -0.05) is 6.07 Å². The van der Waals surface area contributed by atoms with Crippen LogP contribution in [-0.4, -0.2) is 51.5 Å². The number of amides is 1. The van der Waals surface area contributed by atoms with E-state index in [9.17, 15) is 9.90 Å². The molecule has 0 radical (unpaired) electrons. The molecule has 2 unspecified atom stereocenters. The fourth-order valence-corrected chi connectivity index (χ4v) is 3.67. The number of nitrogens with zero attached hydrogens (tertiary/aromatic N) is 2. The SMILES string of the molecule is CC(C)(C)OC(=O)N1CCC2(CC1)CC(O)CC(c1cccnc1)O2. The number of hydrogen-bond acceptors (Lipinski definition) is 5. The number of rotatable bonds is 1. The number of carbonyl (C=O) groups excluding carboxylic acids is 1. The van der Waals surface area contributed by atoms with E-state index >= 15 is 0 Å². The number of pyridine rings is 1. The largest absolute Gasteiger partial charge is 0.444 e. The Labute approximate surface area is 149 Å². The van der Waals surface area contributed by atoms with Crippen LogP contribution in [0.1, 0.15) is 58.1 Å². The second kappa shape index (κ2) is 6.92. The lowest BCUT2D eigenvalue weighted by atomic mass is 9.81. The topological polar surface area (TPSA) is 71.9 Å². The molecule has 0 bridgehead atoms. The molecule has 0 aromatic carbocycles. The van der Waals surface area contributed by atoms with Gasteiger partial charge in [-0.05, 0) is 45.2 Å². The summed E-state index contributed by atoms with van der Waals surface area (Å²) in [4.78, 5) is 18.1. The quantitative estimate of drug-likeness (QED) is 0.844. The molecule has 2 fully saturated rings. The van der Waals surface area contributed by atoms with Gasteiger partial charge in [0.25, 0.3) is 0 Å². The summed E-state index contributed by atoms with van der Waals surface area (Å²) in [6.07, 6.45) is 5.33. The molecule has 1 aromatic rings. The number of hydrogen-bond donors (Lipinski definition) is 1. The van der Waals surface area contributed by atoms with Gasteiger partial charge in [0.15, 0.2) is 0 Å². The molecule has 1 aromatic heterocycles. The minimum absolute atomic E-state index is 0.148. The van der Waals surface area contributed by atoms with Crippen molar-refractivity contribution in [3.63, 3.8) is 0 Å². The molecule has 2 atom stereocenters. The number of piperidine rings is 1. The van der Waals surface area contributed by atoms with Crippen LogP contribution in [-0.2, 0) is 9.47 Å². The van der Waals surface area contributed by atoms with Gasteiger partial charge in [-0.25, -0.2) is 4.79 Å². The molecule has 2 aliphatic rings. The molecule has 2 aliphatic heterocycles. The summed E-state index contributed by atoms with van der Waals surface area (Å²) in [5.41, 5.74) is 0.126. The third-order valence-corrected chi connectivity index (χ3v) is 4.87. The highest BCUT2D eigenvalue weighted by molar-refractivity contribution is 5.68. The highest BCUT2D eigenvalue weighted by Crippen LogP contribution is 2.42. The highest BCUT2D eigenvalue weighted by atomic mass is 16.6. The molecule has 1 amide bonds. The predicted molar refractivity (Wildman–Crippen MR) is 93.1 cm³/mol. The predicted octanol–water partition coefficient (Wildman–Crippen LogP) is 3.06. The Morgan fingerprint density at radius 1 is 1.40 bits per heavy atom. The number of likely N-dealkylation sites (tertiary alicyclic amines) is 1. The average Bonchev–Trinajstić information content (AvgIpc) is 2.54. The lowest BCUT2D eigenvalue weighted by Crippen LogP contribution is -2.52. The number of aliphatic hydroxyl groups is 1. The maximum absolute atomic E-state index is 12.2. The standard InChI is InChI=1S/C19H28N2O4/c1-18(2,3)25-17(23)21-9-6-19(7-10-21)12-15(22)11-16(24-19)14-5-4-8-20-13-14/h4-5,8,13,15-16,22H,6-7,9-12H2,1-3H3. The van der Waals surface area contributed by atoms with Crippen LogP contribution in [0.25, 0.3) is 0 Å². The second-order valence-electron chi connectivity index (χ2n) is 8.14. The van der Waals surface area contributed by atoms with Gasteiger partial charge in [0, 0.05) is 38.3 Å². The van der Waals surface area contributed by atoms with E-state index in [4.69, 9.17) is 9.47 Å². The zero-order valence-corrected chi connectivity index (χ0v) is 15.3. The van der Waals surface area contributed by atoms with E-state index < -0.39 is 11.7 Å². The van der Waals surface area contributed by atoms with Gasteiger partial charge in [-0.2, -0.15) is 0 Å². The maximum atomic E-state index is 12.2. The third-order valence-electron chi connectivity index (χ3n) is 4.87. The monoisotopic (exact) mass is 348 g/mol. The van der Waals surface area contributed by atoms with Crippen molar-refractivity contribution >= 4 is 6.09 Å². The van der Waals surface area contributed by atoms with Gasteiger partial charge in [-0.3, -0.25) is 4.98 Å². The first kappa shape index (κ1) is 18.1.